The first-order chi connectivity index (χ1) is 7.61. The molecule has 0 saturated heterocycles. The van der Waals surface area contributed by atoms with Gasteiger partial charge in [-0.3, -0.25) is 4.79 Å². The van der Waals surface area contributed by atoms with Gasteiger partial charge in [-0.1, -0.05) is 6.07 Å². The van der Waals surface area contributed by atoms with Crippen LogP contribution in [0.2, 0.25) is 0 Å². The molecular weight excluding hydrogens is 240 g/mol. The highest BCUT2D eigenvalue weighted by molar-refractivity contribution is 7.83. The highest BCUT2D eigenvalue weighted by Crippen LogP contribution is 2.34. The molecule has 0 atom stereocenters. The molecule has 0 aliphatic rings. The predicted octanol–water partition coefficient (Wildman–Crippen LogP) is 2.10. The number of hydrogen-bond acceptors (Lipinski definition) is 4. The second kappa shape index (κ2) is 4.27. The number of ketones is 1. The molecule has 0 amide bonds. The van der Waals surface area contributed by atoms with E-state index in [4.69, 9.17) is 5.73 Å². The lowest BCUT2D eigenvalue weighted by atomic mass is 10.3. The van der Waals surface area contributed by atoms with Gasteiger partial charge in [0.25, 0.3) is 5.69 Å². The molecule has 0 bridgehead atoms. The van der Waals surface area contributed by atoms with Gasteiger partial charge < -0.3 is 5.73 Å². The quantitative estimate of drug-likeness (QED) is 0.488. The average Bonchev–Trinajstić information content (AvgIpc) is 2.56. The monoisotopic (exact) mass is 251 g/mol. The number of pyridine rings is 1. The van der Waals surface area contributed by atoms with E-state index >= 15 is 0 Å². The predicted molar refractivity (Wildman–Crippen MR) is 67.5 cm³/mol. The van der Waals surface area contributed by atoms with Gasteiger partial charge in [-0.15, -0.1) is 24.0 Å². The second-order valence-electron chi connectivity index (χ2n) is 3.34. The molecule has 2 aromatic rings. The minimum Gasteiger partial charge on any atom is -0.392 e. The number of carbonyl (C=O) groups excluding carboxylic acids is 1. The highest BCUT2D eigenvalue weighted by Gasteiger charge is 2.23. The topological polar surface area (TPSA) is 47.0 Å². The van der Waals surface area contributed by atoms with Gasteiger partial charge in [0.15, 0.2) is 18.2 Å². The van der Waals surface area contributed by atoms with Crippen LogP contribution in [0.25, 0.3) is 5.69 Å². The average molecular weight is 251 g/mol. The van der Waals surface area contributed by atoms with Crippen molar-refractivity contribution in [3.8, 4) is 5.69 Å². The number of aromatic nitrogens is 1. The number of carbonyl (C=O) groups is 1. The van der Waals surface area contributed by atoms with Crippen LogP contribution < -0.4 is 10.3 Å². The van der Waals surface area contributed by atoms with Crippen molar-refractivity contribution in [2.75, 3.05) is 5.73 Å². The summed E-state index contributed by atoms with van der Waals surface area (Å²) < 4.78 is 2.61. The largest absolute Gasteiger partial charge is 0.392 e. The number of Topliss-reactive ketones (excluding diaryl/α,β-unsaturated/α-hetero) is 1. The summed E-state index contributed by atoms with van der Waals surface area (Å²) in [6, 6.07) is 5.72. The van der Waals surface area contributed by atoms with Gasteiger partial charge in [0.2, 0.25) is 0 Å². The van der Waals surface area contributed by atoms with E-state index in [-0.39, 0.29) is 5.78 Å². The fourth-order valence-corrected chi connectivity index (χ4v) is 2.85. The molecule has 2 N–H and O–H groups in total. The molecule has 0 aliphatic carbocycles. The van der Waals surface area contributed by atoms with E-state index in [2.05, 4.69) is 12.6 Å². The molecule has 2 aromatic heterocycles. The second-order valence-corrected chi connectivity index (χ2v) is 5.11. The highest BCUT2D eigenvalue weighted by atomic mass is 32.2. The summed E-state index contributed by atoms with van der Waals surface area (Å²) in [6.07, 6.45) is 3.75. The number of anilines is 1. The van der Waals surface area contributed by atoms with Gasteiger partial charge in [0.1, 0.15) is 14.8 Å². The Hall–Kier alpha value is -1.33. The van der Waals surface area contributed by atoms with Gasteiger partial charge >= 0.3 is 0 Å². The molecule has 2 rings (SSSR count). The summed E-state index contributed by atoms with van der Waals surface area (Å²) >= 11 is 5.67. The molecule has 0 radical (unpaired) electrons. The minimum absolute atomic E-state index is 0.0272. The molecular formula is C11H11N2OS2+. The minimum atomic E-state index is -0.0272. The number of nitrogen functional groups attached to an aromatic ring is 1. The number of rotatable bonds is 2. The van der Waals surface area contributed by atoms with E-state index in [0.717, 1.165) is 9.90 Å². The van der Waals surface area contributed by atoms with Gasteiger partial charge in [-0.05, 0) is 0 Å². The molecule has 0 aliphatic heterocycles. The zero-order chi connectivity index (χ0) is 11.7. The molecule has 16 heavy (non-hydrogen) atoms. The lowest BCUT2D eigenvalue weighted by Gasteiger charge is -1.95. The molecule has 82 valence electrons. The third-order valence-corrected chi connectivity index (χ3v) is 3.78. The van der Waals surface area contributed by atoms with Gasteiger partial charge in [-0.25, -0.2) is 0 Å². The normalized spacial score (nSPS) is 10.4. The summed E-state index contributed by atoms with van der Waals surface area (Å²) in [5, 5.41) is 0. The summed E-state index contributed by atoms with van der Waals surface area (Å²) in [7, 11) is 0. The molecule has 0 spiro atoms. The summed E-state index contributed by atoms with van der Waals surface area (Å²) in [5.41, 5.74) is 7.23. The van der Waals surface area contributed by atoms with Crippen molar-refractivity contribution in [1.82, 2.24) is 0 Å². The third-order valence-electron chi connectivity index (χ3n) is 2.19. The summed E-state index contributed by atoms with van der Waals surface area (Å²) in [6.45, 7) is 1.51. The number of thiol groups is 1. The fraction of sp³-hybridized carbons (Fsp3) is 0.0909. The van der Waals surface area contributed by atoms with E-state index in [1.54, 1.807) is 0 Å². The van der Waals surface area contributed by atoms with Crippen LogP contribution in [0.1, 0.15) is 16.6 Å². The van der Waals surface area contributed by atoms with Crippen molar-refractivity contribution in [1.29, 1.82) is 0 Å². The van der Waals surface area contributed by atoms with E-state index in [0.29, 0.717) is 10.6 Å². The Bertz CT molecular complexity index is 534. The van der Waals surface area contributed by atoms with Crippen molar-refractivity contribution in [3.63, 3.8) is 0 Å². The zero-order valence-corrected chi connectivity index (χ0v) is 10.4. The van der Waals surface area contributed by atoms with E-state index < -0.39 is 0 Å². The van der Waals surface area contributed by atoms with Crippen LogP contribution in [0.5, 0.6) is 0 Å². The van der Waals surface area contributed by atoms with Crippen LogP contribution in [0.4, 0.5) is 5.69 Å². The first-order valence-electron chi connectivity index (χ1n) is 4.70. The maximum atomic E-state index is 11.4. The van der Waals surface area contributed by atoms with Gasteiger partial charge in [0.05, 0.1) is 0 Å². The Kier molecular flexibility index (Phi) is 2.98. The standard InChI is InChI=1S/C11H10N2OS2/c1-7(14)10-8(12)9(11(15)16-10)13-5-3-2-4-6-13/h2-6H,1H3,(H2-,12,14,15)/p+1. The van der Waals surface area contributed by atoms with Crippen molar-refractivity contribution in [3.05, 3.63) is 35.5 Å². The molecule has 0 fully saturated rings. The maximum Gasteiger partial charge on any atom is 0.258 e. The van der Waals surface area contributed by atoms with Crippen LogP contribution in [-0.4, -0.2) is 5.78 Å². The fourth-order valence-electron chi connectivity index (χ4n) is 1.48. The molecule has 0 aromatic carbocycles. The zero-order valence-electron chi connectivity index (χ0n) is 8.68. The molecule has 0 saturated carbocycles. The van der Waals surface area contributed by atoms with Crippen LogP contribution in [0.15, 0.2) is 34.8 Å². The SMILES string of the molecule is CC(=O)c1sc(S)c(-[n+]2ccccc2)c1N. The number of nitrogens with zero attached hydrogens (tertiary/aromatic N) is 1. The maximum absolute atomic E-state index is 11.4. The van der Waals surface area contributed by atoms with Crippen LogP contribution in [0, 0.1) is 0 Å². The summed E-state index contributed by atoms with van der Waals surface area (Å²) in [5.74, 6) is -0.0272. The van der Waals surface area contributed by atoms with E-state index in [1.165, 1.54) is 18.3 Å². The number of thiophene rings is 1. The van der Waals surface area contributed by atoms with Gasteiger partial charge in [0, 0.05) is 19.1 Å². The first kappa shape index (κ1) is 11.2. The first-order valence-corrected chi connectivity index (χ1v) is 5.96. The van der Waals surface area contributed by atoms with Crippen molar-refractivity contribution < 1.29 is 9.36 Å². The third kappa shape index (κ3) is 1.83. The Labute approximate surface area is 103 Å². The van der Waals surface area contributed by atoms with Crippen molar-refractivity contribution >= 4 is 35.4 Å². The van der Waals surface area contributed by atoms with Gasteiger partial charge in [-0.2, -0.15) is 4.57 Å². The van der Waals surface area contributed by atoms with E-state index in [9.17, 15) is 4.79 Å². The van der Waals surface area contributed by atoms with Crippen LogP contribution in [0.3, 0.4) is 0 Å². The van der Waals surface area contributed by atoms with Crippen molar-refractivity contribution in [2.45, 2.75) is 11.1 Å². The van der Waals surface area contributed by atoms with Crippen molar-refractivity contribution in [2.24, 2.45) is 0 Å². The smallest absolute Gasteiger partial charge is 0.258 e. The molecule has 2 heterocycles. The summed E-state index contributed by atoms with van der Waals surface area (Å²) in [4.78, 5) is 11.9. The number of nitrogens with two attached hydrogens (primary N) is 1. The van der Waals surface area contributed by atoms with Crippen LogP contribution in [-0.2, 0) is 0 Å². The molecule has 0 unspecified atom stereocenters. The Balaban J connectivity index is 2.63. The molecule has 3 nitrogen and oxygen atoms in total. The Morgan fingerprint density at radius 1 is 1.38 bits per heavy atom. The van der Waals surface area contributed by atoms with E-state index in [1.807, 2.05) is 35.2 Å². The Morgan fingerprint density at radius 3 is 2.50 bits per heavy atom. The molecule has 5 heteroatoms. The van der Waals surface area contributed by atoms with Crippen LogP contribution >= 0.6 is 24.0 Å². The Morgan fingerprint density at radius 2 is 2.00 bits per heavy atom. The lowest BCUT2D eigenvalue weighted by Crippen LogP contribution is -2.30. The lowest BCUT2D eigenvalue weighted by molar-refractivity contribution is -0.596. The number of hydrogen-bond donors (Lipinski definition) is 2.